The predicted octanol–water partition coefficient (Wildman–Crippen LogP) is 1.28. The summed E-state index contributed by atoms with van der Waals surface area (Å²) in [7, 11) is 0. The van der Waals surface area contributed by atoms with E-state index < -0.39 is 23.0 Å². The van der Waals surface area contributed by atoms with Crippen LogP contribution in [-0.2, 0) is 4.79 Å². The molecule has 28 heavy (non-hydrogen) atoms. The van der Waals surface area contributed by atoms with Gasteiger partial charge in [0.1, 0.15) is 11.7 Å². The van der Waals surface area contributed by atoms with E-state index in [1.807, 2.05) is 6.92 Å². The molecule has 0 radical (unpaired) electrons. The van der Waals surface area contributed by atoms with E-state index in [4.69, 9.17) is 4.52 Å². The number of nitrogens with zero attached hydrogens (tertiary/aromatic N) is 3. The van der Waals surface area contributed by atoms with Gasteiger partial charge in [-0.1, -0.05) is 53.2 Å². The van der Waals surface area contributed by atoms with Gasteiger partial charge in [-0.2, -0.15) is 9.78 Å². The van der Waals surface area contributed by atoms with Crippen molar-refractivity contribution in [1.82, 2.24) is 14.9 Å². The van der Waals surface area contributed by atoms with Crippen molar-refractivity contribution in [3.8, 4) is 17.0 Å². The lowest BCUT2D eigenvalue weighted by Gasteiger charge is -2.09. The minimum Gasteiger partial charge on any atom is -0.541 e. The first-order chi connectivity index (χ1) is 13.5. The summed E-state index contributed by atoms with van der Waals surface area (Å²) in [6.07, 6.45) is 0. The fourth-order valence-electron chi connectivity index (χ4n) is 2.85. The molecule has 0 bridgehead atoms. The molecule has 0 spiro atoms. The van der Waals surface area contributed by atoms with Crippen molar-refractivity contribution in [2.75, 3.05) is 0 Å². The van der Waals surface area contributed by atoms with Crippen LogP contribution in [0.3, 0.4) is 0 Å². The molecule has 4 aromatic rings. The minimum atomic E-state index is -1.94. The van der Waals surface area contributed by atoms with Crippen LogP contribution in [0.1, 0.15) is 16.1 Å². The molecule has 138 valence electrons. The summed E-state index contributed by atoms with van der Waals surface area (Å²) in [6.45, 7) is 1.87. The zero-order valence-corrected chi connectivity index (χ0v) is 14.6. The van der Waals surface area contributed by atoms with Crippen molar-refractivity contribution in [1.29, 1.82) is 0 Å². The Morgan fingerprint density at radius 2 is 1.71 bits per heavy atom. The van der Waals surface area contributed by atoms with E-state index in [1.54, 1.807) is 54.6 Å². The van der Waals surface area contributed by atoms with Gasteiger partial charge in [0.15, 0.2) is 11.3 Å². The van der Waals surface area contributed by atoms with Gasteiger partial charge in [0, 0.05) is 5.56 Å². The monoisotopic (exact) mass is 374 g/mol. The van der Waals surface area contributed by atoms with Gasteiger partial charge >= 0.3 is 5.56 Å². The number of carboxylic acids is 1. The van der Waals surface area contributed by atoms with Crippen LogP contribution in [0.15, 0.2) is 63.9 Å². The topological polar surface area (TPSA) is 118 Å². The van der Waals surface area contributed by atoms with Crippen LogP contribution < -0.4 is 10.7 Å². The maximum atomic E-state index is 12.9. The lowest BCUT2D eigenvalue weighted by Crippen LogP contribution is -2.34. The van der Waals surface area contributed by atoms with Crippen molar-refractivity contribution in [2.24, 2.45) is 0 Å². The highest BCUT2D eigenvalue weighted by atomic mass is 16.5. The Labute approximate surface area is 157 Å². The number of hydrogen-bond donors (Lipinski definition) is 0. The molecule has 0 aliphatic carbocycles. The van der Waals surface area contributed by atoms with E-state index in [9.17, 15) is 19.5 Å². The van der Waals surface area contributed by atoms with Crippen molar-refractivity contribution in [2.45, 2.75) is 6.92 Å². The molecule has 4 rings (SSSR count). The van der Waals surface area contributed by atoms with Gasteiger partial charge < -0.3 is 14.4 Å². The normalized spacial score (nSPS) is 10.9. The number of rotatable bonds is 4. The molecule has 8 nitrogen and oxygen atoms in total. The molecule has 0 amide bonds. The number of aromatic nitrogens is 3. The summed E-state index contributed by atoms with van der Waals surface area (Å²) in [6, 6.07) is 15.4. The molecule has 0 N–H and O–H groups in total. The van der Waals surface area contributed by atoms with E-state index in [1.165, 1.54) is 0 Å². The third-order valence-corrected chi connectivity index (χ3v) is 4.24. The van der Waals surface area contributed by atoms with Crippen molar-refractivity contribution in [3.05, 3.63) is 76.2 Å². The van der Waals surface area contributed by atoms with Gasteiger partial charge in [-0.05, 0) is 19.1 Å². The van der Waals surface area contributed by atoms with Crippen molar-refractivity contribution < 1.29 is 19.2 Å². The molecule has 0 fully saturated rings. The Balaban J connectivity index is 2.07. The number of carboxylic acid groups (broad SMARTS) is 1. The summed E-state index contributed by atoms with van der Waals surface area (Å²) in [5.74, 6) is -3.23. The van der Waals surface area contributed by atoms with Crippen LogP contribution in [0.2, 0.25) is 0 Å². The molecule has 2 aromatic carbocycles. The third kappa shape index (κ3) is 2.77. The summed E-state index contributed by atoms with van der Waals surface area (Å²) in [5, 5.41) is 19.0. The lowest BCUT2D eigenvalue weighted by molar-refractivity contribution is -0.296. The Morgan fingerprint density at radius 1 is 1.04 bits per heavy atom. The highest BCUT2D eigenvalue weighted by Gasteiger charge is 2.25. The fraction of sp³-hybridized carbons (Fsp3) is 0.0500. The SMILES string of the molecule is Cc1ccc(-n2nc(C(=O)C(=O)[O-])c3c(-c4ccccc4)onc3c2=O)cc1. The summed E-state index contributed by atoms with van der Waals surface area (Å²) >= 11 is 0. The summed E-state index contributed by atoms with van der Waals surface area (Å²) < 4.78 is 6.22. The number of carbonyl (C=O) groups is 2. The molecule has 0 unspecified atom stereocenters. The first kappa shape index (κ1) is 17.3. The number of fused-ring (bicyclic) bond motifs is 1. The second kappa shape index (κ2) is 6.58. The Hall–Kier alpha value is -4.07. The van der Waals surface area contributed by atoms with Gasteiger partial charge in [0.25, 0.3) is 0 Å². The molecule has 2 heterocycles. The summed E-state index contributed by atoms with van der Waals surface area (Å²) in [5.41, 5.74) is 0.520. The van der Waals surface area contributed by atoms with Gasteiger partial charge in [-0.3, -0.25) is 9.59 Å². The highest BCUT2D eigenvalue weighted by molar-refractivity contribution is 6.41. The van der Waals surface area contributed by atoms with E-state index in [0.29, 0.717) is 11.3 Å². The quantitative estimate of drug-likeness (QED) is 0.390. The van der Waals surface area contributed by atoms with E-state index in [2.05, 4.69) is 10.3 Å². The smallest absolute Gasteiger partial charge is 0.301 e. The molecule has 0 aliphatic heterocycles. The summed E-state index contributed by atoms with van der Waals surface area (Å²) in [4.78, 5) is 36.4. The lowest BCUT2D eigenvalue weighted by atomic mass is 10.1. The average molecular weight is 374 g/mol. The fourth-order valence-corrected chi connectivity index (χ4v) is 2.85. The van der Waals surface area contributed by atoms with Gasteiger partial charge in [-0.25, -0.2) is 0 Å². The zero-order chi connectivity index (χ0) is 19.8. The Morgan fingerprint density at radius 3 is 2.36 bits per heavy atom. The highest BCUT2D eigenvalue weighted by Crippen LogP contribution is 2.29. The third-order valence-electron chi connectivity index (χ3n) is 4.24. The number of ketones is 1. The molecule has 2 aromatic heterocycles. The minimum absolute atomic E-state index is 0.0613. The maximum Gasteiger partial charge on any atom is 0.301 e. The molecule has 0 aliphatic rings. The van der Waals surface area contributed by atoms with Crippen molar-refractivity contribution >= 4 is 22.7 Å². The second-order valence-corrected chi connectivity index (χ2v) is 6.12. The standard InChI is InChI=1S/C20H13N3O5/c1-11-7-9-13(10-8-11)23-19(25)16-14(15(21-23)17(24)20(26)27)18(28-22-16)12-5-3-2-4-6-12/h2-10H,1H3,(H,26,27)/p-1. The number of benzene rings is 2. The Kier molecular flexibility index (Phi) is 4.08. The van der Waals surface area contributed by atoms with Crippen LogP contribution in [0.5, 0.6) is 0 Å². The van der Waals surface area contributed by atoms with Gasteiger partial charge in [0.2, 0.25) is 5.78 Å². The van der Waals surface area contributed by atoms with Crippen molar-refractivity contribution in [3.63, 3.8) is 0 Å². The molecular formula is C20H12N3O5-. The predicted molar refractivity (Wildman–Crippen MR) is 96.9 cm³/mol. The first-order valence-electron chi connectivity index (χ1n) is 8.28. The van der Waals surface area contributed by atoms with Gasteiger partial charge in [-0.15, -0.1) is 0 Å². The Bertz CT molecular complexity index is 1270. The van der Waals surface area contributed by atoms with E-state index in [0.717, 1.165) is 10.2 Å². The zero-order valence-electron chi connectivity index (χ0n) is 14.6. The van der Waals surface area contributed by atoms with Crippen LogP contribution in [0.25, 0.3) is 27.9 Å². The van der Waals surface area contributed by atoms with E-state index in [-0.39, 0.29) is 16.7 Å². The number of aryl methyl sites for hydroxylation is 1. The number of hydrogen-bond acceptors (Lipinski definition) is 7. The second-order valence-electron chi connectivity index (χ2n) is 6.12. The van der Waals surface area contributed by atoms with Crippen LogP contribution in [0.4, 0.5) is 0 Å². The van der Waals surface area contributed by atoms with Crippen LogP contribution in [-0.4, -0.2) is 26.7 Å². The molecule has 8 heteroatoms. The number of carbonyl (C=O) groups excluding carboxylic acids is 2. The first-order valence-corrected chi connectivity index (χ1v) is 8.28. The largest absolute Gasteiger partial charge is 0.541 e. The number of aliphatic carboxylic acids is 1. The molecular weight excluding hydrogens is 362 g/mol. The van der Waals surface area contributed by atoms with Crippen LogP contribution in [0, 0.1) is 6.92 Å². The molecule has 0 saturated heterocycles. The average Bonchev–Trinajstić information content (AvgIpc) is 3.15. The van der Waals surface area contributed by atoms with Crippen LogP contribution >= 0.6 is 0 Å². The molecule has 0 saturated carbocycles. The molecule has 0 atom stereocenters. The van der Waals surface area contributed by atoms with Gasteiger partial charge in [0.05, 0.1) is 11.1 Å². The maximum absolute atomic E-state index is 12.9. The van der Waals surface area contributed by atoms with E-state index >= 15 is 0 Å². The number of Topliss-reactive ketones (excluding diaryl/α,β-unsaturated/α-hetero) is 1.